The fourth-order valence-electron chi connectivity index (χ4n) is 3.39. The van der Waals surface area contributed by atoms with Crippen LogP contribution in [0.4, 0.5) is 0 Å². The second kappa shape index (κ2) is 6.24. The van der Waals surface area contributed by atoms with Crippen LogP contribution < -0.4 is 5.32 Å². The van der Waals surface area contributed by atoms with Crippen molar-refractivity contribution in [3.63, 3.8) is 0 Å². The lowest BCUT2D eigenvalue weighted by Gasteiger charge is -2.47. The first kappa shape index (κ1) is 14.0. The van der Waals surface area contributed by atoms with E-state index in [1.165, 1.54) is 5.56 Å². The molecule has 3 rings (SSSR count). The first-order valence-corrected chi connectivity index (χ1v) is 8.15. The van der Waals surface area contributed by atoms with Gasteiger partial charge in [0.15, 0.2) is 0 Å². The third-order valence-corrected chi connectivity index (χ3v) is 5.17. The van der Waals surface area contributed by atoms with Crippen molar-refractivity contribution in [2.24, 2.45) is 11.8 Å². The van der Waals surface area contributed by atoms with E-state index in [0.29, 0.717) is 24.9 Å². The summed E-state index contributed by atoms with van der Waals surface area (Å²) in [5.74, 6) is 0.950. The van der Waals surface area contributed by atoms with Gasteiger partial charge in [0.1, 0.15) is 0 Å². The Morgan fingerprint density at radius 2 is 2.50 bits per heavy atom. The summed E-state index contributed by atoms with van der Waals surface area (Å²) >= 11 is 1.68. The van der Waals surface area contributed by atoms with E-state index in [1.54, 1.807) is 18.4 Å². The third-order valence-electron chi connectivity index (χ3n) is 4.44. The molecule has 0 aromatic carbocycles. The van der Waals surface area contributed by atoms with Crippen LogP contribution >= 0.6 is 11.3 Å². The number of rotatable bonds is 6. The van der Waals surface area contributed by atoms with E-state index in [2.05, 4.69) is 16.8 Å². The summed E-state index contributed by atoms with van der Waals surface area (Å²) in [6.07, 6.45) is 2.73. The highest BCUT2D eigenvalue weighted by atomic mass is 32.1. The number of hydrogen-bond acceptors (Lipinski definition) is 4. The predicted octanol–water partition coefficient (Wildman–Crippen LogP) is 1.85. The number of ether oxygens (including phenoxy) is 2. The minimum atomic E-state index is 0.146. The zero-order valence-electron chi connectivity index (χ0n) is 11.7. The van der Waals surface area contributed by atoms with Crippen LogP contribution in [0.1, 0.15) is 18.4 Å². The van der Waals surface area contributed by atoms with Crippen LogP contribution in [0.5, 0.6) is 0 Å². The number of methoxy groups -OCH3 is 1. The van der Waals surface area contributed by atoms with Crippen molar-refractivity contribution >= 4 is 17.2 Å². The molecule has 1 aromatic rings. The van der Waals surface area contributed by atoms with Crippen LogP contribution in [0.3, 0.4) is 0 Å². The minimum Gasteiger partial charge on any atom is -0.384 e. The fourth-order valence-corrected chi connectivity index (χ4v) is 4.09. The van der Waals surface area contributed by atoms with Gasteiger partial charge < -0.3 is 14.8 Å². The first-order valence-electron chi connectivity index (χ1n) is 7.20. The standard InChI is InChI=1S/C15H21NO3S/c1-18-8-12-14(11-4-6-19-15(11)12)16-13(17)3-2-10-5-7-20-9-10/h5,7,9,11-12,14-15H,2-4,6,8H2,1H3,(H,16,17)/t11-,12+,14-,15-/m0/s1. The smallest absolute Gasteiger partial charge is 0.220 e. The molecule has 0 spiro atoms. The zero-order chi connectivity index (χ0) is 13.9. The maximum atomic E-state index is 12.1. The van der Waals surface area contributed by atoms with Gasteiger partial charge >= 0.3 is 0 Å². The van der Waals surface area contributed by atoms with E-state index in [1.807, 2.05) is 5.38 Å². The molecule has 1 saturated heterocycles. The molecule has 2 fully saturated rings. The molecule has 4 nitrogen and oxygen atoms in total. The van der Waals surface area contributed by atoms with Crippen LogP contribution in [0.25, 0.3) is 0 Å². The van der Waals surface area contributed by atoms with Crippen molar-refractivity contribution in [1.29, 1.82) is 0 Å². The quantitative estimate of drug-likeness (QED) is 0.871. The summed E-state index contributed by atoms with van der Waals surface area (Å²) in [6.45, 7) is 1.48. The number of carbonyl (C=O) groups excluding carboxylic acids is 1. The Morgan fingerprint density at radius 3 is 3.25 bits per heavy atom. The molecule has 1 aromatic heterocycles. The zero-order valence-corrected chi connectivity index (χ0v) is 12.5. The summed E-state index contributed by atoms with van der Waals surface area (Å²) in [5.41, 5.74) is 1.24. The molecule has 2 aliphatic rings. The van der Waals surface area contributed by atoms with Crippen molar-refractivity contribution in [3.05, 3.63) is 22.4 Å². The number of aryl methyl sites for hydroxylation is 1. The van der Waals surface area contributed by atoms with Crippen molar-refractivity contribution in [1.82, 2.24) is 5.32 Å². The number of carbonyl (C=O) groups is 1. The van der Waals surface area contributed by atoms with Gasteiger partial charge in [-0.2, -0.15) is 11.3 Å². The van der Waals surface area contributed by atoms with Gasteiger partial charge in [0, 0.05) is 38.0 Å². The van der Waals surface area contributed by atoms with Crippen LogP contribution in [0, 0.1) is 11.8 Å². The van der Waals surface area contributed by atoms with Gasteiger partial charge in [-0.25, -0.2) is 0 Å². The van der Waals surface area contributed by atoms with Gasteiger partial charge in [-0.3, -0.25) is 4.79 Å². The Morgan fingerprint density at radius 1 is 1.60 bits per heavy atom. The van der Waals surface area contributed by atoms with E-state index in [-0.39, 0.29) is 18.1 Å². The normalized spacial score (nSPS) is 31.6. The molecule has 0 unspecified atom stereocenters. The molecule has 0 radical (unpaired) electrons. The third kappa shape index (κ3) is 2.75. The van der Waals surface area contributed by atoms with E-state index < -0.39 is 0 Å². The maximum Gasteiger partial charge on any atom is 0.220 e. The molecular weight excluding hydrogens is 274 g/mol. The SMILES string of the molecule is COC[C@@H]1[C@@H](NC(=O)CCc2ccsc2)[C@@H]2CCO[C@H]12. The summed E-state index contributed by atoms with van der Waals surface area (Å²) < 4.78 is 11.0. The monoisotopic (exact) mass is 295 g/mol. The molecule has 2 heterocycles. The van der Waals surface area contributed by atoms with Gasteiger partial charge in [-0.15, -0.1) is 0 Å². The van der Waals surface area contributed by atoms with Gasteiger partial charge in [-0.05, 0) is 35.2 Å². The Balaban J connectivity index is 1.49. The Kier molecular flexibility index (Phi) is 4.38. The van der Waals surface area contributed by atoms with Gasteiger partial charge in [0.25, 0.3) is 0 Å². The number of amides is 1. The molecule has 1 aliphatic heterocycles. The average Bonchev–Trinajstić information content (AvgIpc) is 3.09. The molecule has 20 heavy (non-hydrogen) atoms. The van der Waals surface area contributed by atoms with Crippen LogP contribution in [0.15, 0.2) is 16.8 Å². The highest BCUT2D eigenvalue weighted by Crippen LogP contribution is 2.43. The molecule has 1 N–H and O–H groups in total. The lowest BCUT2D eigenvalue weighted by molar-refractivity contribution is -0.129. The van der Waals surface area contributed by atoms with Gasteiger partial charge in [0.2, 0.25) is 5.91 Å². The number of nitrogens with one attached hydrogen (secondary N) is 1. The fraction of sp³-hybridized carbons (Fsp3) is 0.667. The predicted molar refractivity (Wildman–Crippen MR) is 77.8 cm³/mol. The lowest BCUT2D eigenvalue weighted by atomic mass is 9.67. The summed E-state index contributed by atoms with van der Waals surface area (Å²) in [7, 11) is 1.71. The number of fused-ring (bicyclic) bond motifs is 1. The molecule has 1 amide bonds. The second-order valence-corrected chi connectivity index (χ2v) is 6.41. The summed E-state index contributed by atoms with van der Waals surface area (Å²) in [4.78, 5) is 12.1. The molecule has 1 aliphatic carbocycles. The summed E-state index contributed by atoms with van der Waals surface area (Å²) in [6, 6.07) is 2.31. The van der Waals surface area contributed by atoms with E-state index in [4.69, 9.17) is 9.47 Å². The molecule has 1 saturated carbocycles. The lowest BCUT2D eigenvalue weighted by Crippen LogP contribution is -2.62. The molecular formula is C15H21NO3S. The number of hydrogen-bond donors (Lipinski definition) is 1. The van der Waals surface area contributed by atoms with Gasteiger partial charge in [0.05, 0.1) is 12.7 Å². The molecule has 5 heteroatoms. The number of thiophene rings is 1. The molecule has 4 atom stereocenters. The maximum absolute atomic E-state index is 12.1. The molecule has 0 bridgehead atoms. The highest BCUT2D eigenvalue weighted by molar-refractivity contribution is 7.07. The van der Waals surface area contributed by atoms with Gasteiger partial charge in [-0.1, -0.05) is 0 Å². The van der Waals surface area contributed by atoms with E-state index >= 15 is 0 Å². The van der Waals surface area contributed by atoms with E-state index in [9.17, 15) is 4.79 Å². The topological polar surface area (TPSA) is 47.6 Å². The first-order chi connectivity index (χ1) is 9.79. The van der Waals surface area contributed by atoms with Crippen molar-refractivity contribution in [2.45, 2.75) is 31.4 Å². The van der Waals surface area contributed by atoms with Crippen molar-refractivity contribution < 1.29 is 14.3 Å². The van der Waals surface area contributed by atoms with Crippen LogP contribution in [-0.4, -0.2) is 38.4 Å². The average molecular weight is 295 g/mol. The Hall–Kier alpha value is -0.910. The largest absolute Gasteiger partial charge is 0.384 e. The molecule has 110 valence electrons. The van der Waals surface area contributed by atoms with Crippen molar-refractivity contribution in [3.8, 4) is 0 Å². The minimum absolute atomic E-state index is 0.146. The van der Waals surface area contributed by atoms with Crippen LogP contribution in [-0.2, 0) is 20.7 Å². The highest BCUT2D eigenvalue weighted by Gasteiger charge is 2.54. The van der Waals surface area contributed by atoms with E-state index in [0.717, 1.165) is 19.4 Å². The Labute approximate surface area is 123 Å². The second-order valence-electron chi connectivity index (χ2n) is 5.63. The van der Waals surface area contributed by atoms with Crippen LogP contribution in [0.2, 0.25) is 0 Å². The summed E-state index contributed by atoms with van der Waals surface area (Å²) in [5, 5.41) is 7.34. The van der Waals surface area contributed by atoms with Crippen molar-refractivity contribution in [2.75, 3.05) is 20.3 Å². The Bertz CT molecular complexity index is 448.